The molecular formula is C22H28O6. The van der Waals surface area contributed by atoms with Crippen LogP contribution in [0.1, 0.15) is 54.0 Å². The molecule has 2 aromatic rings. The molecule has 0 aliphatic heterocycles. The number of phenolic OH excluding ortho intramolecular Hbond substituents is 1. The van der Waals surface area contributed by atoms with Crippen molar-refractivity contribution in [2.24, 2.45) is 11.8 Å². The molecule has 152 valence electrons. The predicted molar refractivity (Wildman–Crippen MR) is 107 cm³/mol. The fourth-order valence-corrected chi connectivity index (χ4v) is 2.33. The van der Waals surface area contributed by atoms with Crippen LogP contribution in [0.15, 0.2) is 42.5 Å². The second kappa shape index (κ2) is 11.0. The minimum absolute atomic E-state index is 0.0249. The third kappa shape index (κ3) is 7.31. The maximum absolute atomic E-state index is 11.4. The minimum atomic E-state index is -1.09. The quantitative estimate of drug-likeness (QED) is 0.630. The molecule has 0 heterocycles. The number of aromatic carboxylic acids is 1. The smallest absolute Gasteiger partial charge is 0.341 e. The van der Waals surface area contributed by atoms with Gasteiger partial charge < -0.3 is 20.1 Å². The normalized spacial score (nSPS) is 10.4. The van der Waals surface area contributed by atoms with Gasteiger partial charge >= 0.3 is 11.9 Å². The van der Waals surface area contributed by atoms with E-state index in [0.717, 1.165) is 0 Å². The molecule has 0 aliphatic rings. The molecule has 6 nitrogen and oxygen atoms in total. The summed E-state index contributed by atoms with van der Waals surface area (Å²) in [4.78, 5) is 22.1. The molecule has 0 atom stereocenters. The molecule has 0 spiro atoms. The van der Waals surface area contributed by atoms with E-state index in [4.69, 9.17) is 9.84 Å². The summed E-state index contributed by atoms with van der Waals surface area (Å²) in [7, 11) is 0. The van der Waals surface area contributed by atoms with Gasteiger partial charge in [-0.2, -0.15) is 0 Å². The van der Waals surface area contributed by atoms with Crippen LogP contribution in [0.2, 0.25) is 0 Å². The van der Waals surface area contributed by atoms with Crippen LogP contribution in [-0.4, -0.2) is 33.9 Å². The zero-order chi connectivity index (χ0) is 21.3. The van der Waals surface area contributed by atoms with E-state index in [9.17, 15) is 19.8 Å². The number of carbonyl (C=O) groups excluding carboxylic acids is 1. The molecule has 0 amide bonds. The van der Waals surface area contributed by atoms with Gasteiger partial charge in [0.25, 0.3) is 0 Å². The lowest BCUT2D eigenvalue weighted by Crippen LogP contribution is -2.10. The average Bonchev–Trinajstić information content (AvgIpc) is 2.62. The number of ether oxygens (including phenoxy) is 1. The first-order valence-electron chi connectivity index (χ1n) is 9.12. The van der Waals surface area contributed by atoms with Crippen molar-refractivity contribution in [2.75, 3.05) is 6.61 Å². The second-order valence-electron chi connectivity index (χ2n) is 7.23. The van der Waals surface area contributed by atoms with Crippen molar-refractivity contribution in [1.82, 2.24) is 0 Å². The van der Waals surface area contributed by atoms with Gasteiger partial charge in [0.15, 0.2) is 0 Å². The summed E-state index contributed by atoms with van der Waals surface area (Å²) < 4.78 is 4.97. The summed E-state index contributed by atoms with van der Waals surface area (Å²) in [6, 6.07) is 11.2. The molecule has 28 heavy (non-hydrogen) atoms. The topological polar surface area (TPSA) is 104 Å². The van der Waals surface area contributed by atoms with Crippen LogP contribution in [0.4, 0.5) is 0 Å². The number of carboxylic acid groups (broad SMARTS) is 1. The predicted octanol–water partition coefficient (Wildman–Crippen LogP) is 4.49. The van der Waals surface area contributed by atoms with E-state index in [0.29, 0.717) is 30.4 Å². The molecule has 0 saturated heterocycles. The Bertz CT molecular complexity index is 795. The van der Waals surface area contributed by atoms with Gasteiger partial charge in [-0.1, -0.05) is 52.0 Å². The van der Waals surface area contributed by atoms with Crippen LogP contribution in [0.5, 0.6) is 11.5 Å². The van der Waals surface area contributed by atoms with Gasteiger partial charge in [-0.05, 0) is 42.0 Å². The molecule has 3 N–H and O–H groups in total. The van der Waals surface area contributed by atoms with Crippen LogP contribution in [-0.2, 0) is 11.2 Å². The number of phenols is 2. The molecule has 0 bridgehead atoms. The number of aromatic hydroxyl groups is 2. The highest BCUT2D eigenvalue weighted by molar-refractivity contribution is 5.92. The maximum Gasteiger partial charge on any atom is 0.341 e. The molecule has 0 radical (unpaired) electrons. The zero-order valence-electron chi connectivity index (χ0n) is 16.7. The lowest BCUT2D eigenvalue weighted by atomic mass is 10.00. The highest BCUT2D eigenvalue weighted by Crippen LogP contribution is 2.24. The molecule has 0 unspecified atom stereocenters. The molecule has 2 aromatic carbocycles. The van der Waals surface area contributed by atoms with Crippen molar-refractivity contribution < 1.29 is 29.6 Å². The van der Waals surface area contributed by atoms with Crippen molar-refractivity contribution in [3.05, 3.63) is 59.2 Å². The van der Waals surface area contributed by atoms with Gasteiger partial charge in [0.1, 0.15) is 22.6 Å². The Balaban J connectivity index is 0.000000280. The van der Waals surface area contributed by atoms with Crippen LogP contribution in [0.3, 0.4) is 0 Å². The SMILES string of the molecule is CC(C)COC(=O)c1ccccc1O.CC(C)Cc1cccc(C(=O)O)c1O. The van der Waals surface area contributed by atoms with E-state index in [1.807, 2.05) is 27.7 Å². The van der Waals surface area contributed by atoms with Gasteiger partial charge in [-0.25, -0.2) is 9.59 Å². The standard InChI is InChI=1S/2C11H14O3/c1-7(2)6-8-4-3-5-9(10(8)12)11(13)14;1-8(2)7-14-11(13)9-5-3-4-6-10(9)12/h3-5,7,12H,6H2,1-2H3,(H,13,14);3-6,8,12H,7H2,1-2H3. The third-order valence-corrected chi connectivity index (χ3v) is 3.65. The summed E-state index contributed by atoms with van der Waals surface area (Å²) in [5.41, 5.74) is 0.885. The Morgan fingerprint density at radius 1 is 0.893 bits per heavy atom. The number of hydrogen-bond donors (Lipinski definition) is 3. The fraction of sp³-hybridized carbons (Fsp3) is 0.364. The number of carbonyl (C=O) groups is 2. The highest BCUT2D eigenvalue weighted by atomic mass is 16.5. The van der Waals surface area contributed by atoms with Crippen LogP contribution in [0, 0.1) is 11.8 Å². The lowest BCUT2D eigenvalue weighted by molar-refractivity contribution is 0.0455. The maximum atomic E-state index is 11.4. The van der Waals surface area contributed by atoms with Gasteiger partial charge in [0.05, 0.1) is 6.61 Å². The van der Waals surface area contributed by atoms with Gasteiger partial charge in [0.2, 0.25) is 0 Å². The molecule has 0 saturated carbocycles. The van der Waals surface area contributed by atoms with Crippen molar-refractivity contribution in [3.8, 4) is 11.5 Å². The monoisotopic (exact) mass is 388 g/mol. The zero-order valence-corrected chi connectivity index (χ0v) is 16.7. The molecule has 6 heteroatoms. The summed E-state index contributed by atoms with van der Waals surface area (Å²) in [5, 5.41) is 27.7. The van der Waals surface area contributed by atoms with E-state index in [-0.39, 0.29) is 22.6 Å². The number of para-hydroxylation sites is 2. The van der Waals surface area contributed by atoms with Gasteiger partial charge in [-0.3, -0.25) is 0 Å². The molecule has 0 aromatic heterocycles. The van der Waals surface area contributed by atoms with E-state index in [1.165, 1.54) is 18.2 Å². The van der Waals surface area contributed by atoms with Crippen molar-refractivity contribution in [2.45, 2.75) is 34.1 Å². The summed E-state index contributed by atoms with van der Waals surface area (Å²) >= 11 is 0. The van der Waals surface area contributed by atoms with E-state index in [1.54, 1.807) is 24.3 Å². The van der Waals surface area contributed by atoms with Gasteiger partial charge in [-0.15, -0.1) is 0 Å². The highest BCUT2D eigenvalue weighted by Gasteiger charge is 2.13. The Labute approximate surface area is 165 Å². The average molecular weight is 388 g/mol. The molecule has 0 fully saturated rings. The summed E-state index contributed by atoms with van der Waals surface area (Å²) in [5.74, 6) is -1.02. The first kappa shape index (κ1) is 23.0. The lowest BCUT2D eigenvalue weighted by Gasteiger charge is -2.08. The summed E-state index contributed by atoms with van der Waals surface area (Å²) in [6.07, 6.45) is 0.687. The first-order valence-corrected chi connectivity index (χ1v) is 9.12. The largest absolute Gasteiger partial charge is 0.507 e. The molecule has 0 aliphatic carbocycles. The fourth-order valence-electron chi connectivity index (χ4n) is 2.33. The minimum Gasteiger partial charge on any atom is -0.507 e. The Morgan fingerprint density at radius 2 is 1.50 bits per heavy atom. The number of benzene rings is 2. The van der Waals surface area contributed by atoms with Crippen LogP contribution >= 0.6 is 0 Å². The number of hydrogen-bond acceptors (Lipinski definition) is 5. The Kier molecular flexibility index (Phi) is 9.02. The Hall–Kier alpha value is -3.02. The van der Waals surface area contributed by atoms with Gasteiger partial charge in [0, 0.05) is 0 Å². The first-order chi connectivity index (χ1) is 13.1. The van der Waals surface area contributed by atoms with Crippen molar-refractivity contribution in [3.63, 3.8) is 0 Å². The second-order valence-corrected chi connectivity index (χ2v) is 7.23. The van der Waals surface area contributed by atoms with E-state index < -0.39 is 11.9 Å². The molecule has 2 rings (SSSR count). The molecular weight excluding hydrogens is 360 g/mol. The number of carboxylic acids is 1. The third-order valence-electron chi connectivity index (χ3n) is 3.65. The van der Waals surface area contributed by atoms with Crippen molar-refractivity contribution in [1.29, 1.82) is 0 Å². The van der Waals surface area contributed by atoms with Crippen LogP contribution < -0.4 is 0 Å². The van der Waals surface area contributed by atoms with E-state index >= 15 is 0 Å². The Morgan fingerprint density at radius 3 is 2.04 bits per heavy atom. The van der Waals surface area contributed by atoms with E-state index in [2.05, 4.69) is 0 Å². The van der Waals surface area contributed by atoms with Crippen molar-refractivity contribution >= 4 is 11.9 Å². The number of esters is 1. The van der Waals surface area contributed by atoms with Crippen LogP contribution in [0.25, 0.3) is 0 Å². The number of rotatable bonds is 6. The summed E-state index contributed by atoms with van der Waals surface area (Å²) in [6.45, 7) is 8.32.